The Hall–Kier alpha value is -0.870. The monoisotopic (exact) mass is 209 g/mol. The average molecular weight is 209 g/mol. The maximum atomic E-state index is 11.3. The molecule has 0 spiro atoms. The normalized spacial score (nSPS) is 10.6. The van der Waals surface area contributed by atoms with E-state index in [-0.39, 0.29) is 5.56 Å². The minimum Gasteiger partial charge on any atom is -0.321 e. The van der Waals surface area contributed by atoms with E-state index in [4.69, 9.17) is 0 Å². The van der Waals surface area contributed by atoms with Crippen LogP contribution in [0.25, 0.3) is 10.9 Å². The molecule has 0 bridgehead atoms. The molecule has 2 rings (SSSR count). The highest BCUT2D eigenvalue weighted by molar-refractivity contribution is 7.83. The van der Waals surface area contributed by atoms with E-state index in [0.29, 0.717) is 9.79 Å². The van der Waals surface area contributed by atoms with Crippen LogP contribution in [0.15, 0.2) is 38.9 Å². The molecule has 1 N–H and O–H groups in total. The molecule has 2 aromatic rings. The van der Waals surface area contributed by atoms with Crippen molar-refractivity contribution in [2.45, 2.75) is 9.79 Å². The predicted molar refractivity (Wildman–Crippen MR) is 59.1 cm³/mol. The van der Waals surface area contributed by atoms with Gasteiger partial charge in [-0.1, -0.05) is 18.2 Å². The highest BCUT2D eigenvalue weighted by Crippen LogP contribution is 2.22. The third-order valence-electron chi connectivity index (χ3n) is 1.87. The van der Waals surface area contributed by atoms with E-state index in [1.807, 2.05) is 24.3 Å². The van der Waals surface area contributed by atoms with Gasteiger partial charge >= 0.3 is 0 Å². The second-order valence-corrected chi connectivity index (χ2v) is 3.59. The van der Waals surface area contributed by atoms with Gasteiger partial charge in [-0.2, -0.15) is 0 Å². The molecule has 0 aliphatic rings. The lowest BCUT2D eigenvalue weighted by Crippen LogP contribution is -2.07. The fourth-order valence-electron chi connectivity index (χ4n) is 1.22. The van der Waals surface area contributed by atoms with Crippen LogP contribution in [0, 0.1) is 0 Å². The lowest BCUT2D eigenvalue weighted by molar-refractivity contribution is 1.13. The van der Waals surface area contributed by atoms with Crippen molar-refractivity contribution in [3.63, 3.8) is 0 Å². The molecule has 0 saturated heterocycles. The molecule has 0 unspecified atom stereocenters. The Morgan fingerprint density at radius 2 is 1.77 bits per heavy atom. The number of benzene rings is 1. The van der Waals surface area contributed by atoms with Gasteiger partial charge in [0.15, 0.2) is 0 Å². The third-order valence-corrected chi connectivity index (χ3v) is 2.94. The summed E-state index contributed by atoms with van der Waals surface area (Å²) in [4.78, 5) is 15.0. The van der Waals surface area contributed by atoms with Crippen molar-refractivity contribution in [2.24, 2.45) is 0 Å². The quantitative estimate of drug-likeness (QED) is 0.571. The van der Waals surface area contributed by atoms with Crippen LogP contribution in [0.3, 0.4) is 0 Å². The van der Waals surface area contributed by atoms with Crippen molar-refractivity contribution in [1.29, 1.82) is 0 Å². The first kappa shape index (κ1) is 8.72. The number of H-pyrrole nitrogens is 1. The molecule has 0 amide bonds. The van der Waals surface area contributed by atoms with Gasteiger partial charge in [-0.3, -0.25) is 4.79 Å². The van der Waals surface area contributed by atoms with Crippen LogP contribution in [0.1, 0.15) is 0 Å². The van der Waals surface area contributed by atoms with Crippen LogP contribution in [0.4, 0.5) is 0 Å². The molecular formula is C9H7NOS2. The Morgan fingerprint density at radius 3 is 2.54 bits per heavy atom. The second-order valence-electron chi connectivity index (χ2n) is 2.70. The van der Waals surface area contributed by atoms with Crippen LogP contribution >= 0.6 is 25.3 Å². The smallest absolute Gasteiger partial charge is 0.262 e. The number of nitrogens with one attached hydrogen (secondary N) is 1. The summed E-state index contributed by atoms with van der Waals surface area (Å²) in [5, 5.41) is 0.912. The number of hydrogen-bond acceptors (Lipinski definition) is 3. The van der Waals surface area contributed by atoms with E-state index in [1.165, 1.54) is 0 Å². The molecule has 0 fully saturated rings. The van der Waals surface area contributed by atoms with E-state index < -0.39 is 0 Å². The summed E-state index contributed by atoms with van der Waals surface area (Å²) in [5.74, 6) is 0. The second kappa shape index (κ2) is 3.12. The van der Waals surface area contributed by atoms with E-state index in [9.17, 15) is 4.79 Å². The number of fused-ring (bicyclic) bond motifs is 1. The summed E-state index contributed by atoms with van der Waals surface area (Å²) in [6, 6.07) is 7.49. The van der Waals surface area contributed by atoms with E-state index in [1.54, 1.807) is 0 Å². The molecule has 0 aliphatic carbocycles. The SMILES string of the molecule is O=c1[nH]c2ccccc2c(S)c1S. The molecule has 4 heteroatoms. The van der Waals surface area contributed by atoms with Crippen LogP contribution in [-0.2, 0) is 0 Å². The van der Waals surface area contributed by atoms with Crippen molar-refractivity contribution >= 4 is 36.2 Å². The Balaban J connectivity index is 3.02. The summed E-state index contributed by atoms with van der Waals surface area (Å²) < 4.78 is 0. The topological polar surface area (TPSA) is 32.9 Å². The molecule has 1 aromatic heterocycles. The first-order valence-electron chi connectivity index (χ1n) is 3.73. The van der Waals surface area contributed by atoms with E-state index in [0.717, 1.165) is 10.9 Å². The lowest BCUT2D eigenvalue weighted by Gasteiger charge is -2.02. The zero-order chi connectivity index (χ0) is 9.42. The average Bonchev–Trinajstić information content (AvgIpc) is 2.15. The molecule has 1 aromatic carbocycles. The Bertz CT molecular complexity index is 518. The third kappa shape index (κ3) is 1.36. The van der Waals surface area contributed by atoms with Gasteiger partial charge in [-0.15, -0.1) is 25.3 Å². The number of thiol groups is 2. The van der Waals surface area contributed by atoms with Gasteiger partial charge in [-0.25, -0.2) is 0 Å². The Kier molecular flexibility index (Phi) is 2.09. The molecule has 2 nitrogen and oxygen atoms in total. The number of hydrogen-bond donors (Lipinski definition) is 3. The summed E-state index contributed by atoms with van der Waals surface area (Å²) in [6.45, 7) is 0. The van der Waals surface area contributed by atoms with Crippen molar-refractivity contribution in [1.82, 2.24) is 4.98 Å². The molecule has 0 saturated carbocycles. The zero-order valence-corrected chi connectivity index (χ0v) is 8.40. The molecule has 1 heterocycles. The number of aromatic amines is 1. The molecule has 13 heavy (non-hydrogen) atoms. The molecular weight excluding hydrogens is 202 g/mol. The van der Waals surface area contributed by atoms with Crippen molar-refractivity contribution in [3.8, 4) is 0 Å². The molecule has 0 aliphatic heterocycles. The standard InChI is InChI=1S/C9H7NOS2/c11-9-8(13)7(12)5-3-1-2-4-6(5)10-9/h1-4,13H,(H2,10,11,12). The minimum absolute atomic E-state index is 0.202. The highest BCUT2D eigenvalue weighted by Gasteiger charge is 2.04. The minimum atomic E-state index is -0.202. The number of pyridine rings is 1. The summed E-state index contributed by atoms with van der Waals surface area (Å²) in [6.07, 6.45) is 0. The fourth-order valence-corrected chi connectivity index (χ4v) is 1.69. The number of para-hydroxylation sites is 1. The van der Waals surface area contributed by atoms with E-state index >= 15 is 0 Å². The number of rotatable bonds is 0. The van der Waals surface area contributed by atoms with Gasteiger partial charge in [-0.05, 0) is 6.07 Å². The molecule has 66 valence electrons. The van der Waals surface area contributed by atoms with Gasteiger partial charge in [0.1, 0.15) is 0 Å². The molecule has 0 atom stereocenters. The van der Waals surface area contributed by atoms with Crippen LogP contribution in [-0.4, -0.2) is 4.98 Å². The largest absolute Gasteiger partial charge is 0.321 e. The van der Waals surface area contributed by atoms with Crippen molar-refractivity contribution in [3.05, 3.63) is 34.6 Å². The summed E-state index contributed by atoms with van der Waals surface area (Å²) in [7, 11) is 0. The lowest BCUT2D eigenvalue weighted by atomic mass is 10.2. The Labute approximate surface area is 85.8 Å². The van der Waals surface area contributed by atoms with Crippen molar-refractivity contribution in [2.75, 3.05) is 0 Å². The van der Waals surface area contributed by atoms with Crippen LogP contribution in [0.2, 0.25) is 0 Å². The van der Waals surface area contributed by atoms with Crippen LogP contribution < -0.4 is 5.56 Å². The fraction of sp³-hybridized carbons (Fsp3) is 0. The van der Waals surface area contributed by atoms with Gasteiger partial charge in [0.05, 0.1) is 4.90 Å². The van der Waals surface area contributed by atoms with Crippen LogP contribution in [0.5, 0.6) is 0 Å². The van der Waals surface area contributed by atoms with Gasteiger partial charge in [0, 0.05) is 15.8 Å². The van der Waals surface area contributed by atoms with Gasteiger partial charge in [0.25, 0.3) is 5.56 Å². The van der Waals surface area contributed by atoms with Gasteiger partial charge in [0.2, 0.25) is 0 Å². The molecule has 0 radical (unpaired) electrons. The van der Waals surface area contributed by atoms with Gasteiger partial charge < -0.3 is 4.98 Å². The maximum Gasteiger partial charge on any atom is 0.262 e. The van der Waals surface area contributed by atoms with E-state index in [2.05, 4.69) is 30.2 Å². The predicted octanol–water partition coefficient (Wildman–Crippen LogP) is 2.11. The first-order valence-corrected chi connectivity index (χ1v) is 4.62. The number of aromatic nitrogens is 1. The maximum absolute atomic E-state index is 11.3. The summed E-state index contributed by atoms with van der Waals surface area (Å²) in [5.41, 5.74) is 0.585. The summed E-state index contributed by atoms with van der Waals surface area (Å²) >= 11 is 8.30. The first-order chi connectivity index (χ1) is 6.20. The zero-order valence-electron chi connectivity index (χ0n) is 6.61. The Morgan fingerprint density at radius 1 is 1.08 bits per heavy atom. The van der Waals surface area contributed by atoms with Crippen molar-refractivity contribution < 1.29 is 0 Å². The highest BCUT2D eigenvalue weighted by atomic mass is 32.1.